The first-order valence-corrected chi connectivity index (χ1v) is 5.25. The zero-order valence-electron chi connectivity index (χ0n) is 11.0. The van der Waals surface area contributed by atoms with Crippen LogP contribution in [0.3, 0.4) is 0 Å². The number of rotatable bonds is 5. The molecule has 0 spiro atoms. The van der Waals surface area contributed by atoms with Gasteiger partial charge in [0.25, 0.3) is 0 Å². The van der Waals surface area contributed by atoms with E-state index in [2.05, 4.69) is 6.92 Å². The van der Waals surface area contributed by atoms with E-state index < -0.39 is 0 Å². The third-order valence-corrected chi connectivity index (χ3v) is 2.72. The molecule has 0 N–H and O–H groups in total. The molecule has 1 atom stereocenters. The fourth-order valence-corrected chi connectivity index (χ4v) is 1.67. The Balaban J connectivity index is 0. The Labute approximate surface area is 146 Å². The van der Waals surface area contributed by atoms with Gasteiger partial charge in [-0.05, 0) is 6.42 Å². The maximum Gasteiger partial charge on any atom is 1.00 e. The van der Waals surface area contributed by atoms with Crippen molar-refractivity contribution < 1.29 is 65.8 Å². The first-order valence-electron chi connectivity index (χ1n) is 5.25. The molecule has 0 radical (unpaired) electrons. The van der Waals surface area contributed by atoms with E-state index in [4.69, 9.17) is 0 Å². The van der Waals surface area contributed by atoms with Gasteiger partial charge in [0.1, 0.15) is 5.78 Å². The minimum Gasteiger partial charge on any atom is -0.358 e. The molecule has 1 aliphatic heterocycles. The Kier molecular flexibility index (Phi) is 10.9. The molecule has 0 aromatic rings. The van der Waals surface area contributed by atoms with Gasteiger partial charge in [0.15, 0.2) is 0 Å². The number of hydrogen-bond donors (Lipinski definition) is 0. The summed E-state index contributed by atoms with van der Waals surface area (Å²) in [6.07, 6.45) is 1.43. The van der Waals surface area contributed by atoms with E-state index in [-0.39, 0.29) is 102 Å². The van der Waals surface area contributed by atoms with Crippen molar-refractivity contribution in [2.75, 3.05) is 6.54 Å². The molecular weight excluding hydrogens is 245 g/mol. The molecule has 1 aliphatic rings. The molecule has 0 bridgehead atoms. The average Bonchev–Trinajstić information content (AvgIpc) is 2.51. The summed E-state index contributed by atoms with van der Waals surface area (Å²) in [4.78, 5) is 35.3. The van der Waals surface area contributed by atoms with Gasteiger partial charge in [0.2, 0.25) is 11.8 Å². The van der Waals surface area contributed by atoms with E-state index in [0.717, 1.165) is 0 Å². The van der Waals surface area contributed by atoms with Crippen LogP contribution in [0, 0.1) is 20.3 Å². The van der Waals surface area contributed by atoms with Crippen LogP contribution in [0.15, 0.2) is 0 Å². The number of carbonyl (C=O) groups is 3. The van der Waals surface area contributed by atoms with Crippen molar-refractivity contribution in [1.29, 1.82) is 0 Å². The van der Waals surface area contributed by atoms with Crippen molar-refractivity contribution >= 4 is 17.6 Å². The van der Waals surface area contributed by atoms with Crippen molar-refractivity contribution in [3.05, 3.63) is 14.4 Å². The van der Waals surface area contributed by atoms with Gasteiger partial charge in [-0.25, -0.2) is 0 Å². The van der Waals surface area contributed by atoms with Crippen LogP contribution in [0.1, 0.15) is 32.6 Å². The molecule has 17 heavy (non-hydrogen) atoms. The van der Waals surface area contributed by atoms with Gasteiger partial charge in [-0.15, -0.1) is 6.42 Å². The Hall–Kier alpha value is 0.446. The fraction of sp³-hybridized carbons (Fsp3) is 0.583. The molecule has 0 aromatic heterocycles. The predicted octanol–water partition coefficient (Wildman–Crippen LogP) is -1.59. The molecule has 5 heteroatoms. The first-order chi connectivity index (χ1) is 7.10. The first kappa shape index (κ1) is 19.8. The van der Waals surface area contributed by atoms with E-state index in [0.29, 0.717) is 12.8 Å². The third kappa shape index (κ3) is 5.30. The minimum absolute atomic E-state index is 0. The summed E-state index contributed by atoms with van der Waals surface area (Å²) in [6, 6.07) is 0. The van der Waals surface area contributed by atoms with Crippen LogP contribution in [0.25, 0.3) is 0 Å². The molecule has 0 aromatic carbocycles. The topological polar surface area (TPSA) is 54.5 Å². The van der Waals surface area contributed by atoms with E-state index in [1.807, 2.05) is 6.92 Å². The summed E-state index contributed by atoms with van der Waals surface area (Å²) in [7, 11) is 0. The van der Waals surface area contributed by atoms with Crippen molar-refractivity contribution in [3.63, 3.8) is 0 Å². The van der Waals surface area contributed by atoms with E-state index >= 15 is 0 Å². The normalized spacial score (nSPS) is 18.7. The average molecular weight is 264 g/mol. The summed E-state index contributed by atoms with van der Waals surface area (Å²) in [5, 5.41) is 0. The van der Waals surface area contributed by atoms with Crippen LogP contribution in [-0.4, -0.2) is 29.0 Å². The van der Waals surface area contributed by atoms with Gasteiger partial charge >= 0.3 is 51.4 Å². The molecule has 1 fully saturated rings. The number of likely N-dealkylation sites (tertiary alicyclic amines) is 1. The number of carbonyl (C=O) groups excluding carboxylic acids is 3. The minimum atomic E-state index is -0.174. The Morgan fingerprint density at radius 1 is 1.47 bits per heavy atom. The van der Waals surface area contributed by atoms with Crippen molar-refractivity contribution in [2.24, 2.45) is 5.92 Å². The van der Waals surface area contributed by atoms with E-state index in [1.54, 1.807) is 0 Å². The Bertz CT molecular complexity index is 291. The predicted molar refractivity (Wildman–Crippen MR) is 61.1 cm³/mol. The van der Waals surface area contributed by atoms with Gasteiger partial charge in [-0.1, -0.05) is 6.92 Å². The number of nitrogens with zero attached hydrogens (tertiary/aromatic N) is 1. The van der Waals surface area contributed by atoms with Gasteiger partial charge < -0.3 is 19.1 Å². The maximum absolute atomic E-state index is 11.6. The Morgan fingerprint density at radius 3 is 2.47 bits per heavy atom. The molecule has 0 saturated carbocycles. The second-order valence-corrected chi connectivity index (χ2v) is 3.73. The van der Waals surface area contributed by atoms with Gasteiger partial charge in [0, 0.05) is 25.3 Å². The molecule has 1 unspecified atom stereocenters. The number of ketones is 1. The Morgan fingerprint density at radius 2 is 2.06 bits per heavy atom. The summed E-state index contributed by atoms with van der Waals surface area (Å²) in [5.74, 6) is -0.467. The van der Waals surface area contributed by atoms with Crippen LogP contribution in [0.5, 0.6) is 0 Å². The quantitative estimate of drug-likeness (QED) is 0.342. The largest absolute Gasteiger partial charge is 1.00 e. The summed E-state index contributed by atoms with van der Waals surface area (Å²) < 4.78 is 0. The molecule has 2 amide bonds. The molecular formula is C12H19KNO3-. The molecule has 4 nitrogen and oxygen atoms in total. The second kappa shape index (κ2) is 9.39. The van der Waals surface area contributed by atoms with Crippen molar-refractivity contribution in [2.45, 2.75) is 32.6 Å². The summed E-state index contributed by atoms with van der Waals surface area (Å²) in [5.41, 5.74) is 0. The second-order valence-electron chi connectivity index (χ2n) is 3.73. The summed E-state index contributed by atoms with van der Waals surface area (Å²) in [6.45, 7) is 5.58. The van der Waals surface area contributed by atoms with Crippen LogP contribution in [0.2, 0.25) is 0 Å². The fourth-order valence-electron chi connectivity index (χ4n) is 1.67. The SMILES string of the molecule is [CH2-]CC(=O)CCN1C(=O)CC(CC)C1=O.[CH3-].[K+]. The van der Waals surface area contributed by atoms with Crippen LogP contribution >= 0.6 is 0 Å². The van der Waals surface area contributed by atoms with Crippen LogP contribution in [-0.2, 0) is 14.4 Å². The van der Waals surface area contributed by atoms with Gasteiger partial charge in [-0.2, -0.15) is 0 Å². The zero-order chi connectivity index (χ0) is 11.4. The maximum atomic E-state index is 11.6. The van der Waals surface area contributed by atoms with E-state index in [9.17, 15) is 14.4 Å². The van der Waals surface area contributed by atoms with Crippen molar-refractivity contribution in [1.82, 2.24) is 4.90 Å². The number of amides is 2. The third-order valence-electron chi connectivity index (χ3n) is 2.72. The van der Waals surface area contributed by atoms with Crippen LogP contribution in [0.4, 0.5) is 0 Å². The monoisotopic (exact) mass is 264 g/mol. The number of Topliss-reactive ketones (excluding diaryl/α,β-unsaturated/α-hetero) is 1. The molecule has 92 valence electrons. The molecule has 0 aliphatic carbocycles. The van der Waals surface area contributed by atoms with Crippen LogP contribution < -0.4 is 51.4 Å². The van der Waals surface area contributed by atoms with E-state index in [1.165, 1.54) is 4.90 Å². The number of imide groups is 1. The van der Waals surface area contributed by atoms with Crippen molar-refractivity contribution in [3.8, 4) is 0 Å². The van der Waals surface area contributed by atoms with Gasteiger partial charge in [-0.3, -0.25) is 14.5 Å². The standard InChI is InChI=1S/C11H16NO3.CH3.K/c1-3-8-7-10(14)12(11(8)15)6-5-9(13)4-2;;/h8H,2-7H2,1H3;1H3;/q2*-1;+1. The zero-order valence-corrected chi connectivity index (χ0v) is 14.1. The molecule has 1 heterocycles. The van der Waals surface area contributed by atoms with Gasteiger partial charge in [0.05, 0.1) is 0 Å². The summed E-state index contributed by atoms with van der Waals surface area (Å²) >= 11 is 0. The smallest absolute Gasteiger partial charge is 0.358 e. The molecule has 1 saturated heterocycles. The molecule has 1 rings (SSSR count). The number of hydrogen-bond acceptors (Lipinski definition) is 3.